The van der Waals surface area contributed by atoms with Crippen LogP contribution in [-0.2, 0) is 4.79 Å². The smallest absolute Gasteiger partial charge is 0.280 e. The number of carbonyl (C=O) groups excluding carboxylic acids is 2. The highest BCUT2D eigenvalue weighted by molar-refractivity contribution is 6.06. The molecule has 0 saturated heterocycles. The molecule has 0 aliphatic carbocycles. The number of nitrogens with zero attached hydrogens (tertiary/aromatic N) is 3. The largest absolute Gasteiger partial charge is 0.382 e. The minimum absolute atomic E-state index is 0.0434. The number of hydrogen-bond donors (Lipinski definition) is 3. The van der Waals surface area contributed by atoms with Gasteiger partial charge in [-0.2, -0.15) is 4.68 Å². The highest BCUT2D eigenvalue weighted by Gasteiger charge is 2.19. The van der Waals surface area contributed by atoms with Crippen molar-refractivity contribution in [2.45, 2.75) is 20.8 Å². The third-order valence-corrected chi connectivity index (χ3v) is 3.98. The van der Waals surface area contributed by atoms with Gasteiger partial charge in [0.1, 0.15) is 0 Å². The molecule has 1 heterocycles. The zero-order valence-electron chi connectivity index (χ0n) is 15.3. The van der Waals surface area contributed by atoms with E-state index in [0.29, 0.717) is 11.4 Å². The lowest BCUT2D eigenvalue weighted by molar-refractivity contribution is -0.114. The van der Waals surface area contributed by atoms with Gasteiger partial charge in [0.05, 0.1) is 5.69 Å². The lowest BCUT2D eigenvalue weighted by Gasteiger charge is -2.08. The van der Waals surface area contributed by atoms with Gasteiger partial charge in [0.25, 0.3) is 5.91 Å². The van der Waals surface area contributed by atoms with Crippen molar-refractivity contribution < 1.29 is 9.59 Å². The van der Waals surface area contributed by atoms with Crippen LogP contribution in [0.1, 0.15) is 28.5 Å². The summed E-state index contributed by atoms with van der Waals surface area (Å²) in [7, 11) is 0. The molecular formula is C19H20N6O2. The topological polar surface area (TPSA) is 115 Å². The van der Waals surface area contributed by atoms with E-state index in [0.717, 1.165) is 16.8 Å². The fraction of sp³-hybridized carbons (Fsp3) is 0.158. The van der Waals surface area contributed by atoms with Crippen LogP contribution < -0.4 is 16.4 Å². The van der Waals surface area contributed by atoms with Crippen molar-refractivity contribution in [1.82, 2.24) is 15.0 Å². The second-order valence-electron chi connectivity index (χ2n) is 6.24. The summed E-state index contributed by atoms with van der Waals surface area (Å²) in [5, 5.41) is 13.3. The number of carbonyl (C=O) groups is 2. The van der Waals surface area contributed by atoms with Crippen LogP contribution in [-0.4, -0.2) is 26.8 Å². The van der Waals surface area contributed by atoms with E-state index in [2.05, 4.69) is 20.9 Å². The number of nitrogens with two attached hydrogens (primary N) is 1. The zero-order chi connectivity index (χ0) is 19.6. The van der Waals surface area contributed by atoms with Gasteiger partial charge < -0.3 is 16.4 Å². The maximum atomic E-state index is 12.5. The maximum Gasteiger partial charge on any atom is 0.280 e. The molecule has 1 aromatic heterocycles. The Hall–Kier alpha value is -3.68. The molecule has 2 aromatic carbocycles. The summed E-state index contributed by atoms with van der Waals surface area (Å²) in [6.45, 7) is 5.33. The van der Waals surface area contributed by atoms with E-state index in [9.17, 15) is 9.59 Å². The Morgan fingerprint density at radius 2 is 1.63 bits per heavy atom. The molecule has 0 bridgehead atoms. The first-order chi connectivity index (χ1) is 12.8. The number of rotatable bonds is 4. The average molecular weight is 364 g/mol. The van der Waals surface area contributed by atoms with E-state index >= 15 is 0 Å². The first-order valence-corrected chi connectivity index (χ1v) is 8.33. The molecule has 27 heavy (non-hydrogen) atoms. The summed E-state index contributed by atoms with van der Waals surface area (Å²) in [5.74, 6) is -0.463. The normalized spacial score (nSPS) is 10.5. The lowest BCUT2D eigenvalue weighted by Crippen LogP contribution is -2.15. The molecule has 8 nitrogen and oxygen atoms in total. The molecule has 3 rings (SSSR count). The zero-order valence-corrected chi connectivity index (χ0v) is 15.3. The quantitative estimate of drug-likeness (QED) is 0.658. The van der Waals surface area contributed by atoms with Crippen molar-refractivity contribution in [3.05, 3.63) is 59.3 Å². The number of nitrogens with one attached hydrogen (secondary N) is 2. The number of hydrogen-bond acceptors (Lipinski definition) is 5. The lowest BCUT2D eigenvalue weighted by atomic mass is 10.1. The van der Waals surface area contributed by atoms with Crippen molar-refractivity contribution in [2.24, 2.45) is 0 Å². The molecule has 0 saturated carbocycles. The molecule has 0 aliphatic rings. The van der Waals surface area contributed by atoms with Crippen LogP contribution >= 0.6 is 0 Å². The summed E-state index contributed by atoms with van der Waals surface area (Å²) in [5.41, 5.74) is 10.1. The van der Waals surface area contributed by atoms with E-state index in [1.54, 1.807) is 24.3 Å². The van der Waals surface area contributed by atoms with Gasteiger partial charge >= 0.3 is 0 Å². The molecule has 2 amide bonds. The van der Waals surface area contributed by atoms with Crippen LogP contribution in [0.5, 0.6) is 0 Å². The summed E-state index contributed by atoms with van der Waals surface area (Å²) >= 11 is 0. The molecule has 8 heteroatoms. The standard InChI is InChI=1S/C19H20N6O2/c1-11-4-5-12(2)16(10-11)25-18(20)17(23-24-25)19(27)22-15-8-6-14(7-9-15)21-13(3)26/h4-10H,20H2,1-3H3,(H,21,26)(H,22,27). The number of anilines is 3. The Labute approximate surface area is 156 Å². The highest BCUT2D eigenvalue weighted by atomic mass is 16.2. The number of nitrogen functional groups attached to an aromatic ring is 1. The van der Waals surface area contributed by atoms with Crippen molar-refractivity contribution in [2.75, 3.05) is 16.4 Å². The Morgan fingerprint density at radius 3 is 2.26 bits per heavy atom. The third kappa shape index (κ3) is 3.95. The van der Waals surface area contributed by atoms with Crippen molar-refractivity contribution in [3.63, 3.8) is 0 Å². The van der Waals surface area contributed by atoms with Crippen LogP contribution in [0.3, 0.4) is 0 Å². The summed E-state index contributed by atoms with van der Waals surface area (Å²) in [4.78, 5) is 23.6. The molecule has 0 unspecified atom stereocenters. The number of aryl methyl sites for hydroxylation is 2. The third-order valence-electron chi connectivity index (χ3n) is 3.98. The maximum absolute atomic E-state index is 12.5. The minimum Gasteiger partial charge on any atom is -0.382 e. The van der Waals surface area contributed by atoms with Gasteiger partial charge in [-0.3, -0.25) is 9.59 Å². The fourth-order valence-corrected chi connectivity index (χ4v) is 2.61. The van der Waals surface area contributed by atoms with Crippen LogP contribution in [0.15, 0.2) is 42.5 Å². The van der Waals surface area contributed by atoms with E-state index in [1.165, 1.54) is 11.6 Å². The molecule has 3 aromatic rings. The second-order valence-corrected chi connectivity index (χ2v) is 6.24. The first kappa shape index (κ1) is 18.1. The molecule has 0 spiro atoms. The molecule has 4 N–H and O–H groups in total. The van der Waals surface area contributed by atoms with Crippen molar-refractivity contribution >= 4 is 29.0 Å². The van der Waals surface area contributed by atoms with Gasteiger partial charge in [-0.15, -0.1) is 5.10 Å². The average Bonchev–Trinajstić information content (AvgIpc) is 3.00. The Kier molecular flexibility index (Phi) is 4.89. The summed E-state index contributed by atoms with van der Waals surface area (Å²) < 4.78 is 1.46. The Bertz CT molecular complexity index is 1010. The van der Waals surface area contributed by atoms with Crippen LogP contribution in [0.25, 0.3) is 5.69 Å². The van der Waals surface area contributed by atoms with E-state index in [-0.39, 0.29) is 17.4 Å². The van der Waals surface area contributed by atoms with Crippen molar-refractivity contribution in [3.8, 4) is 5.69 Å². The highest BCUT2D eigenvalue weighted by Crippen LogP contribution is 2.21. The summed E-state index contributed by atoms with van der Waals surface area (Å²) in [6, 6.07) is 12.6. The Morgan fingerprint density at radius 1 is 1.00 bits per heavy atom. The molecule has 0 atom stereocenters. The monoisotopic (exact) mass is 364 g/mol. The number of benzene rings is 2. The first-order valence-electron chi connectivity index (χ1n) is 8.33. The van der Waals surface area contributed by atoms with E-state index < -0.39 is 5.91 Å². The number of amides is 2. The molecule has 138 valence electrons. The van der Waals surface area contributed by atoms with Gasteiger partial charge in [-0.25, -0.2) is 0 Å². The van der Waals surface area contributed by atoms with Crippen LogP contribution in [0.2, 0.25) is 0 Å². The van der Waals surface area contributed by atoms with Gasteiger partial charge in [0.15, 0.2) is 11.5 Å². The molecule has 0 fully saturated rings. The molecule has 0 radical (unpaired) electrons. The van der Waals surface area contributed by atoms with E-state index in [1.807, 2.05) is 32.0 Å². The summed E-state index contributed by atoms with van der Waals surface area (Å²) in [6.07, 6.45) is 0. The second kappa shape index (κ2) is 7.28. The SMILES string of the molecule is CC(=O)Nc1ccc(NC(=O)c2nnn(-c3cc(C)ccc3C)c2N)cc1. The van der Waals surface area contributed by atoms with Gasteiger partial charge in [0.2, 0.25) is 5.91 Å². The van der Waals surface area contributed by atoms with Gasteiger partial charge in [-0.05, 0) is 55.3 Å². The molecule has 0 aliphatic heterocycles. The predicted octanol–water partition coefficient (Wildman–Crippen LogP) is 2.68. The molecular weight excluding hydrogens is 344 g/mol. The predicted molar refractivity (Wildman–Crippen MR) is 104 cm³/mol. The van der Waals surface area contributed by atoms with Crippen LogP contribution in [0, 0.1) is 13.8 Å². The number of aromatic nitrogens is 3. The van der Waals surface area contributed by atoms with Gasteiger partial charge in [-0.1, -0.05) is 17.3 Å². The van der Waals surface area contributed by atoms with E-state index in [4.69, 9.17) is 5.73 Å². The van der Waals surface area contributed by atoms with Crippen molar-refractivity contribution in [1.29, 1.82) is 0 Å². The minimum atomic E-state index is -0.462. The Balaban J connectivity index is 1.81. The fourth-order valence-electron chi connectivity index (χ4n) is 2.61. The van der Waals surface area contributed by atoms with Crippen LogP contribution in [0.4, 0.5) is 17.2 Å². The van der Waals surface area contributed by atoms with Gasteiger partial charge in [0, 0.05) is 18.3 Å².